The number of nitro groups is 1. The average molecular weight is 392 g/mol. The van der Waals surface area contributed by atoms with Crippen molar-refractivity contribution in [2.24, 2.45) is 0 Å². The minimum atomic E-state index is -0.674. The van der Waals surface area contributed by atoms with Gasteiger partial charge in [0.25, 0.3) is 17.4 Å². The number of nitrogens with zero attached hydrogens (tertiary/aromatic N) is 2. The van der Waals surface area contributed by atoms with E-state index in [2.05, 4.69) is 5.32 Å². The van der Waals surface area contributed by atoms with Crippen LogP contribution in [0.2, 0.25) is 0 Å². The smallest absolute Gasteiger partial charge is 0.311 e. The predicted octanol–water partition coefficient (Wildman–Crippen LogP) is 2.00. The maximum atomic E-state index is 12.4. The summed E-state index contributed by atoms with van der Waals surface area (Å²) in [5.41, 5.74) is 5.41. The molecule has 1 aromatic heterocycles. The Labute approximate surface area is 162 Å². The Balaban J connectivity index is 1.71. The Hall–Kier alpha value is -4.47. The van der Waals surface area contributed by atoms with Crippen molar-refractivity contribution in [2.45, 2.75) is 0 Å². The van der Waals surface area contributed by atoms with Crippen molar-refractivity contribution < 1.29 is 19.2 Å². The van der Waals surface area contributed by atoms with Crippen LogP contribution in [0.3, 0.4) is 0 Å². The molecular weight excluding hydrogens is 380 g/mol. The van der Waals surface area contributed by atoms with E-state index in [4.69, 9.17) is 10.5 Å². The van der Waals surface area contributed by atoms with Crippen LogP contribution in [-0.2, 0) is 0 Å². The van der Waals surface area contributed by atoms with Gasteiger partial charge in [-0.1, -0.05) is 12.1 Å². The molecule has 3 aromatic rings. The summed E-state index contributed by atoms with van der Waals surface area (Å²) in [6.07, 6.45) is 0. The van der Waals surface area contributed by atoms with Gasteiger partial charge in [-0.2, -0.15) is 0 Å². The summed E-state index contributed by atoms with van der Waals surface area (Å²) in [6.45, 7) is 0. The molecule has 2 amide bonds. The third-order valence-electron chi connectivity index (χ3n) is 4.34. The van der Waals surface area contributed by atoms with Crippen LogP contribution in [0.4, 0.5) is 11.5 Å². The number of amides is 2. The molecule has 0 atom stereocenters. The molecule has 0 unspecified atom stereocenters. The zero-order valence-corrected chi connectivity index (χ0v) is 14.6. The van der Waals surface area contributed by atoms with Crippen LogP contribution in [0.15, 0.2) is 59.4 Å². The Kier molecular flexibility index (Phi) is 4.08. The first kappa shape index (κ1) is 17.9. The summed E-state index contributed by atoms with van der Waals surface area (Å²) >= 11 is 0. The molecule has 29 heavy (non-hydrogen) atoms. The number of hydrogen-bond acceptors (Lipinski definition) is 7. The number of anilines is 1. The highest BCUT2D eigenvalue weighted by molar-refractivity contribution is 6.23. The minimum Gasteiger partial charge on any atom is -0.450 e. The first-order valence-electron chi connectivity index (χ1n) is 8.29. The van der Waals surface area contributed by atoms with Crippen LogP contribution in [0, 0.1) is 10.1 Å². The van der Waals surface area contributed by atoms with Crippen LogP contribution < -0.4 is 21.3 Å². The van der Waals surface area contributed by atoms with E-state index < -0.39 is 22.3 Å². The second kappa shape index (κ2) is 6.60. The Morgan fingerprint density at radius 1 is 1.00 bits per heavy atom. The lowest BCUT2D eigenvalue weighted by molar-refractivity contribution is -0.385. The number of imide groups is 1. The van der Waals surface area contributed by atoms with Gasteiger partial charge in [0, 0.05) is 12.1 Å². The molecule has 2 aromatic carbocycles. The number of benzene rings is 2. The number of para-hydroxylation sites is 2. The van der Waals surface area contributed by atoms with E-state index >= 15 is 0 Å². The van der Waals surface area contributed by atoms with Crippen molar-refractivity contribution in [3.8, 4) is 17.2 Å². The predicted molar refractivity (Wildman–Crippen MR) is 101 cm³/mol. The van der Waals surface area contributed by atoms with Gasteiger partial charge in [-0.15, -0.1) is 0 Å². The van der Waals surface area contributed by atoms with Crippen molar-refractivity contribution in [3.63, 3.8) is 0 Å². The lowest BCUT2D eigenvalue weighted by Crippen LogP contribution is -2.24. The number of nitrogen functional groups attached to an aromatic ring is 1. The van der Waals surface area contributed by atoms with Crippen molar-refractivity contribution in [1.82, 2.24) is 9.88 Å². The van der Waals surface area contributed by atoms with Gasteiger partial charge in [0.15, 0.2) is 0 Å². The van der Waals surface area contributed by atoms with Crippen LogP contribution in [-0.4, -0.2) is 21.3 Å². The maximum absolute atomic E-state index is 12.4. The van der Waals surface area contributed by atoms with Gasteiger partial charge in [0.2, 0.25) is 5.75 Å². The van der Waals surface area contributed by atoms with E-state index in [0.717, 1.165) is 10.6 Å². The van der Waals surface area contributed by atoms with Gasteiger partial charge in [-0.25, -0.2) is 0 Å². The molecule has 1 aliphatic heterocycles. The van der Waals surface area contributed by atoms with E-state index in [-0.39, 0.29) is 28.4 Å². The summed E-state index contributed by atoms with van der Waals surface area (Å²) in [6, 6.07) is 13.0. The SMILES string of the molecule is Nc1c2c(cc(=O)n1-c1ccc(Oc3ccccc3[N+](=O)[O-])cc1)C(=O)NC2=O. The standard InChI is InChI=1S/C19H12N4O6/c20-17-16-12(18(25)21-19(16)26)9-15(24)22(17)10-5-7-11(8-6-10)29-14-4-2-1-3-13(14)23(27)28/h1-9H,20H2,(H,21,25,26). The number of ether oxygens (including phenoxy) is 1. The molecule has 0 fully saturated rings. The van der Waals surface area contributed by atoms with Crippen molar-refractivity contribution in [1.29, 1.82) is 0 Å². The van der Waals surface area contributed by atoms with Crippen LogP contribution in [0.25, 0.3) is 5.69 Å². The van der Waals surface area contributed by atoms with Gasteiger partial charge in [0.1, 0.15) is 11.6 Å². The molecule has 0 bridgehead atoms. The molecule has 2 heterocycles. The van der Waals surface area contributed by atoms with E-state index in [1.807, 2.05) is 0 Å². The second-order valence-corrected chi connectivity index (χ2v) is 6.10. The summed E-state index contributed by atoms with van der Waals surface area (Å²) in [7, 11) is 0. The molecule has 0 saturated carbocycles. The Morgan fingerprint density at radius 3 is 2.38 bits per heavy atom. The normalized spacial score (nSPS) is 12.4. The van der Waals surface area contributed by atoms with Gasteiger partial charge in [-0.05, 0) is 30.3 Å². The van der Waals surface area contributed by atoms with E-state index in [0.29, 0.717) is 11.4 Å². The molecule has 0 aliphatic carbocycles. The summed E-state index contributed by atoms with van der Waals surface area (Å²) in [4.78, 5) is 46.6. The highest BCUT2D eigenvalue weighted by Gasteiger charge is 2.31. The number of nitrogens with one attached hydrogen (secondary N) is 1. The van der Waals surface area contributed by atoms with E-state index in [9.17, 15) is 24.5 Å². The third-order valence-corrected chi connectivity index (χ3v) is 4.34. The Morgan fingerprint density at radius 2 is 1.69 bits per heavy atom. The van der Waals surface area contributed by atoms with Crippen molar-refractivity contribution >= 4 is 23.3 Å². The zero-order chi connectivity index (χ0) is 20.7. The zero-order valence-electron chi connectivity index (χ0n) is 14.6. The number of aromatic nitrogens is 1. The lowest BCUT2D eigenvalue weighted by atomic mass is 10.1. The molecule has 4 rings (SSSR count). The van der Waals surface area contributed by atoms with Crippen molar-refractivity contribution in [3.05, 3.63) is 86.2 Å². The number of fused-ring (bicyclic) bond motifs is 1. The monoisotopic (exact) mass is 392 g/mol. The van der Waals surface area contributed by atoms with Gasteiger partial charge < -0.3 is 10.5 Å². The number of pyridine rings is 1. The molecule has 3 N–H and O–H groups in total. The summed E-state index contributed by atoms with van der Waals surface area (Å²) < 4.78 is 6.65. The first-order chi connectivity index (χ1) is 13.9. The fraction of sp³-hybridized carbons (Fsp3) is 0. The van der Waals surface area contributed by atoms with Crippen molar-refractivity contribution in [2.75, 3.05) is 5.73 Å². The molecule has 0 radical (unpaired) electrons. The van der Waals surface area contributed by atoms with Crippen LogP contribution in [0.1, 0.15) is 20.7 Å². The van der Waals surface area contributed by atoms with E-state index in [1.165, 1.54) is 42.5 Å². The molecule has 0 spiro atoms. The summed E-state index contributed by atoms with van der Waals surface area (Å²) in [5, 5.41) is 13.2. The fourth-order valence-corrected chi connectivity index (χ4v) is 3.03. The van der Waals surface area contributed by atoms with Gasteiger partial charge >= 0.3 is 5.69 Å². The number of nitro benzene ring substituents is 1. The highest BCUT2D eigenvalue weighted by Crippen LogP contribution is 2.31. The maximum Gasteiger partial charge on any atom is 0.311 e. The van der Waals surface area contributed by atoms with Crippen LogP contribution in [0.5, 0.6) is 11.5 Å². The molecular formula is C19H12N4O6. The number of carbonyl (C=O) groups is 2. The second-order valence-electron chi connectivity index (χ2n) is 6.10. The lowest BCUT2D eigenvalue weighted by Gasteiger charge is -2.12. The number of carbonyl (C=O) groups excluding carboxylic acids is 2. The third kappa shape index (κ3) is 2.98. The minimum absolute atomic E-state index is 0.0603. The first-order valence-corrected chi connectivity index (χ1v) is 8.29. The summed E-state index contributed by atoms with van der Waals surface area (Å²) in [5.74, 6) is -1.15. The molecule has 1 aliphatic rings. The molecule has 0 saturated heterocycles. The largest absolute Gasteiger partial charge is 0.450 e. The molecule has 10 nitrogen and oxygen atoms in total. The fourth-order valence-electron chi connectivity index (χ4n) is 3.03. The quantitative estimate of drug-likeness (QED) is 0.392. The average Bonchev–Trinajstić information content (AvgIpc) is 2.97. The van der Waals surface area contributed by atoms with Gasteiger partial charge in [0.05, 0.1) is 21.7 Å². The van der Waals surface area contributed by atoms with Gasteiger partial charge in [-0.3, -0.25) is 34.4 Å². The topological polar surface area (TPSA) is 147 Å². The molecule has 10 heteroatoms. The number of hydrogen-bond donors (Lipinski definition) is 2. The van der Waals surface area contributed by atoms with Crippen LogP contribution >= 0.6 is 0 Å². The Bertz CT molecular complexity index is 1250. The number of nitrogens with two attached hydrogens (primary N) is 1. The van der Waals surface area contributed by atoms with E-state index in [1.54, 1.807) is 6.07 Å². The highest BCUT2D eigenvalue weighted by atomic mass is 16.6. The number of rotatable bonds is 4. The molecule has 144 valence electrons.